The first-order chi connectivity index (χ1) is 8.99. The van der Waals surface area contributed by atoms with Gasteiger partial charge in [0.25, 0.3) is 0 Å². The van der Waals surface area contributed by atoms with Crippen molar-refractivity contribution in [2.24, 2.45) is 0 Å². The molecule has 3 aromatic rings. The number of alkyl halides is 4. The lowest BCUT2D eigenvalue weighted by molar-refractivity contribution is -0.137. The average molecular weight is 285 g/mol. The fraction of sp³-hybridized carbons (Fsp3) is 0.154. The minimum atomic E-state index is -4.36. The quantitative estimate of drug-likeness (QED) is 0.611. The van der Waals surface area contributed by atoms with Gasteiger partial charge in [0.2, 0.25) is 0 Å². The fourth-order valence-electron chi connectivity index (χ4n) is 2.06. The van der Waals surface area contributed by atoms with Gasteiger partial charge in [-0.2, -0.15) is 13.2 Å². The summed E-state index contributed by atoms with van der Waals surface area (Å²) in [7, 11) is 0. The van der Waals surface area contributed by atoms with E-state index in [2.05, 4.69) is 4.98 Å². The highest BCUT2D eigenvalue weighted by Gasteiger charge is 2.30. The van der Waals surface area contributed by atoms with Gasteiger partial charge in [-0.3, -0.25) is 4.98 Å². The van der Waals surface area contributed by atoms with Crippen LogP contribution in [-0.4, -0.2) is 9.38 Å². The maximum Gasteiger partial charge on any atom is 0.416 e. The molecule has 2 aromatic heterocycles. The Hall–Kier alpha value is -1.75. The number of hydrogen-bond acceptors (Lipinski definition) is 1. The second kappa shape index (κ2) is 4.13. The van der Waals surface area contributed by atoms with Gasteiger partial charge in [-0.05, 0) is 29.8 Å². The smallest absolute Gasteiger partial charge is 0.313 e. The van der Waals surface area contributed by atoms with E-state index in [4.69, 9.17) is 11.6 Å². The predicted molar refractivity (Wildman–Crippen MR) is 67.3 cm³/mol. The molecule has 0 N–H and O–H groups in total. The van der Waals surface area contributed by atoms with Crippen LogP contribution in [-0.2, 0) is 12.1 Å². The molecule has 0 saturated heterocycles. The van der Waals surface area contributed by atoms with E-state index < -0.39 is 11.7 Å². The third-order valence-electron chi connectivity index (χ3n) is 2.96. The molecule has 6 heteroatoms. The zero-order valence-corrected chi connectivity index (χ0v) is 10.3. The second-order valence-corrected chi connectivity index (χ2v) is 4.50. The first-order valence-corrected chi connectivity index (χ1v) is 6.05. The molecular formula is C13H8ClF3N2. The van der Waals surface area contributed by atoms with Crippen LogP contribution in [0.4, 0.5) is 13.2 Å². The van der Waals surface area contributed by atoms with Crippen LogP contribution < -0.4 is 0 Å². The molecule has 0 aliphatic rings. The third-order valence-corrected chi connectivity index (χ3v) is 3.27. The lowest BCUT2D eigenvalue weighted by Crippen LogP contribution is -2.05. The van der Waals surface area contributed by atoms with Crippen molar-refractivity contribution < 1.29 is 13.2 Å². The zero-order valence-electron chi connectivity index (χ0n) is 9.58. The van der Waals surface area contributed by atoms with E-state index in [-0.39, 0.29) is 0 Å². The van der Waals surface area contributed by atoms with Crippen LogP contribution in [0.3, 0.4) is 0 Å². The van der Waals surface area contributed by atoms with Crippen LogP contribution >= 0.6 is 11.6 Å². The molecule has 19 heavy (non-hydrogen) atoms. The van der Waals surface area contributed by atoms with E-state index in [1.165, 1.54) is 6.07 Å². The van der Waals surface area contributed by atoms with Gasteiger partial charge in [0.15, 0.2) is 0 Å². The SMILES string of the molecule is FC(F)(F)c1ccc2ncc3cc(CCl)cn3c2c1. The Balaban J connectivity index is 2.35. The number of halogens is 4. The predicted octanol–water partition coefficient (Wildman–Crippen LogP) is 4.25. The molecule has 0 spiro atoms. The minimum Gasteiger partial charge on any atom is -0.313 e. The van der Waals surface area contributed by atoms with E-state index >= 15 is 0 Å². The summed E-state index contributed by atoms with van der Waals surface area (Å²) in [6.07, 6.45) is -1.02. The van der Waals surface area contributed by atoms with Crippen molar-refractivity contribution >= 4 is 28.2 Å². The first-order valence-electron chi connectivity index (χ1n) is 5.52. The van der Waals surface area contributed by atoms with Crippen LogP contribution in [0.25, 0.3) is 16.6 Å². The highest BCUT2D eigenvalue weighted by atomic mass is 35.5. The molecule has 0 unspecified atom stereocenters. The fourth-order valence-corrected chi connectivity index (χ4v) is 2.20. The van der Waals surface area contributed by atoms with Crippen molar-refractivity contribution in [1.82, 2.24) is 9.38 Å². The van der Waals surface area contributed by atoms with E-state index in [0.717, 1.165) is 23.2 Å². The summed E-state index contributed by atoms with van der Waals surface area (Å²) in [6.45, 7) is 0. The second-order valence-electron chi connectivity index (χ2n) is 4.24. The molecule has 0 atom stereocenters. The summed E-state index contributed by atoms with van der Waals surface area (Å²) in [5.41, 5.74) is 1.81. The van der Waals surface area contributed by atoms with Crippen molar-refractivity contribution in [3.05, 3.63) is 47.8 Å². The van der Waals surface area contributed by atoms with Gasteiger partial charge in [0.1, 0.15) is 0 Å². The summed E-state index contributed by atoms with van der Waals surface area (Å²) in [6, 6.07) is 5.32. The van der Waals surface area contributed by atoms with E-state index in [1.54, 1.807) is 22.9 Å². The Morgan fingerprint density at radius 2 is 2.00 bits per heavy atom. The molecule has 1 aromatic carbocycles. The molecule has 0 saturated carbocycles. The molecule has 3 rings (SSSR count). The standard InChI is InChI=1S/C13H8ClF3N2/c14-5-8-3-10-6-18-11-2-1-9(13(15,16)17)4-12(11)19(10)7-8/h1-4,6-7H,5H2. The van der Waals surface area contributed by atoms with Gasteiger partial charge < -0.3 is 4.40 Å². The molecule has 0 amide bonds. The maximum absolute atomic E-state index is 12.7. The summed E-state index contributed by atoms with van der Waals surface area (Å²) >= 11 is 5.74. The van der Waals surface area contributed by atoms with E-state index in [0.29, 0.717) is 16.9 Å². The normalized spacial score (nSPS) is 12.4. The molecule has 0 bridgehead atoms. The van der Waals surface area contributed by atoms with Crippen LogP contribution in [0, 0.1) is 0 Å². The summed E-state index contributed by atoms with van der Waals surface area (Å²) in [5.74, 6) is 0.308. The van der Waals surface area contributed by atoms with E-state index in [1.807, 2.05) is 0 Å². The number of aromatic nitrogens is 2. The highest BCUT2D eigenvalue weighted by molar-refractivity contribution is 6.17. The van der Waals surface area contributed by atoms with Gasteiger partial charge >= 0.3 is 6.18 Å². The lowest BCUT2D eigenvalue weighted by Gasteiger charge is -2.08. The van der Waals surface area contributed by atoms with Gasteiger partial charge in [-0.25, -0.2) is 0 Å². The van der Waals surface area contributed by atoms with E-state index in [9.17, 15) is 13.2 Å². The summed E-state index contributed by atoms with van der Waals surface area (Å²) in [4.78, 5) is 4.15. The number of rotatable bonds is 1. The Labute approximate surface area is 111 Å². The Bertz CT molecular complexity index is 761. The van der Waals surface area contributed by atoms with Crippen molar-refractivity contribution in [2.75, 3.05) is 0 Å². The number of fused-ring (bicyclic) bond motifs is 3. The number of benzene rings is 1. The van der Waals surface area contributed by atoms with Gasteiger partial charge in [-0.1, -0.05) is 0 Å². The van der Waals surface area contributed by atoms with Crippen LogP contribution in [0.5, 0.6) is 0 Å². The molecular weight excluding hydrogens is 277 g/mol. The largest absolute Gasteiger partial charge is 0.416 e. The Morgan fingerprint density at radius 1 is 1.21 bits per heavy atom. The molecule has 2 nitrogen and oxygen atoms in total. The molecule has 0 fully saturated rings. The Morgan fingerprint density at radius 3 is 2.68 bits per heavy atom. The molecule has 0 aliphatic carbocycles. The average Bonchev–Trinajstić information content (AvgIpc) is 2.80. The molecule has 98 valence electrons. The highest BCUT2D eigenvalue weighted by Crippen LogP contribution is 2.31. The van der Waals surface area contributed by atoms with Crippen LogP contribution in [0.15, 0.2) is 36.7 Å². The third kappa shape index (κ3) is 2.04. The Kier molecular flexibility index (Phi) is 2.67. The summed E-state index contributed by atoms with van der Waals surface area (Å²) < 4.78 is 39.9. The maximum atomic E-state index is 12.7. The monoisotopic (exact) mass is 284 g/mol. The number of hydrogen-bond donors (Lipinski definition) is 0. The topological polar surface area (TPSA) is 17.3 Å². The van der Waals surface area contributed by atoms with Crippen molar-refractivity contribution in [3.63, 3.8) is 0 Å². The van der Waals surface area contributed by atoms with Crippen LogP contribution in [0.2, 0.25) is 0 Å². The van der Waals surface area contributed by atoms with Crippen molar-refractivity contribution in [2.45, 2.75) is 12.1 Å². The molecule has 2 heterocycles. The first kappa shape index (κ1) is 12.3. The lowest BCUT2D eigenvalue weighted by atomic mass is 10.2. The van der Waals surface area contributed by atoms with Gasteiger partial charge in [0.05, 0.1) is 28.3 Å². The van der Waals surface area contributed by atoms with Gasteiger partial charge in [0, 0.05) is 12.1 Å². The summed E-state index contributed by atoms with van der Waals surface area (Å²) in [5, 5.41) is 0. The molecule has 0 radical (unpaired) electrons. The van der Waals surface area contributed by atoms with Crippen molar-refractivity contribution in [1.29, 1.82) is 0 Å². The zero-order chi connectivity index (χ0) is 13.6. The van der Waals surface area contributed by atoms with Crippen LogP contribution in [0.1, 0.15) is 11.1 Å². The van der Waals surface area contributed by atoms with Crippen molar-refractivity contribution in [3.8, 4) is 0 Å². The number of nitrogens with zero attached hydrogens (tertiary/aromatic N) is 2. The van der Waals surface area contributed by atoms with Gasteiger partial charge in [-0.15, -0.1) is 11.6 Å². The molecule has 0 aliphatic heterocycles. The minimum absolute atomic E-state index is 0.308.